The summed E-state index contributed by atoms with van der Waals surface area (Å²) in [4.78, 5) is 27.4. The van der Waals surface area contributed by atoms with Gasteiger partial charge in [-0.25, -0.2) is 0 Å². The van der Waals surface area contributed by atoms with Gasteiger partial charge in [-0.05, 0) is 13.3 Å². The lowest BCUT2D eigenvalue weighted by Gasteiger charge is -2.38. The number of amides is 1. The van der Waals surface area contributed by atoms with E-state index in [2.05, 4.69) is 9.64 Å². The average Bonchev–Trinajstić information content (AvgIpc) is 2.46. The van der Waals surface area contributed by atoms with Crippen LogP contribution in [-0.2, 0) is 14.3 Å². The molecule has 0 aromatic rings. The van der Waals surface area contributed by atoms with E-state index in [0.29, 0.717) is 19.5 Å². The molecule has 0 saturated carbocycles. The Kier molecular flexibility index (Phi) is 9.57. The van der Waals surface area contributed by atoms with Crippen LogP contribution in [0.5, 0.6) is 0 Å². The van der Waals surface area contributed by atoms with Crippen molar-refractivity contribution in [2.45, 2.75) is 45.2 Å². The summed E-state index contributed by atoms with van der Waals surface area (Å²) in [5, 5.41) is 0. The van der Waals surface area contributed by atoms with Crippen LogP contribution in [0.1, 0.15) is 33.1 Å². The smallest absolute Gasteiger partial charge is 0.307 e. The Morgan fingerprint density at radius 2 is 1.81 bits per heavy atom. The molecule has 2 atom stereocenters. The number of piperazine rings is 1. The molecular formula is C14H28ClN3O3. The normalized spacial score (nSPS) is 18.6. The fraction of sp³-hybridized carbons (Fsp3) is 0.857. The highest BCUT2D eigenvalue weighted by molar-refractivity contribution is 5.85. The van der Waals surface area contributed by atoms with Crippen molar-refractivity contribution in [1.29, 1.82) is 0 Å². The van der Waals surface area contributed by atoms with Gasteiger partial charge in [0.2, 0.25) is 5.91 Å². The number of hydrogen-bond acceptors (Lipinski definition) is 5. The van der Waals surface area contributed by atoms with Crippen LogP contribution in [0.2, 0.25) is 0 Å². The summed E-state index contributed by atoms with van der Waals surface area (Å²) in [6.45, 7) is 6.96. The minimum absolute atomic E-state index is 0. The lowest BCUT2D eigenvalue weighted by molar-refractivity contribution is -0.143. The summed E-state index contributed by atoms with van der Waals surface area (Å²) in [6, 6.07) is -0.233. The zero-order valence-electron chi connectivity index (χ0n) is 13.2. The lowest BCUT2D eigenvalue weighted by atomic mass is 10.1. The molecule has 0 aromatic carbocycles. The van der Waals surface area contributed by atoms with Crippen molar-refractivity contribution < 1.29 is 14.3 Å². The number of carbonyl (C=O) groups is 2. The SMILES string of the molecule is CCCC(N)C(=O)N1CCN(C(C)CC(=O)OC)CC1.Cl. The van der Waals surface area contributed by atoms with Crippen molar-refractivity contribution in [3.8, 4) is 0 Å². The molecule has 1 heterocycles. The van der Waals surface area contributed by atoms with Crippen LogP contribution in [0.15, 0.2) is 0 Å². The van der Waals surface area contributed by atoms with E-state index < -0.39 is 0 Å². The number of halogens is 1. The Balaban J connectivity index is 0.00000400. The van der Waals surface area contributed by atoms with Gasteiger partial charge in [0, 0.05) is 32.2 Å². The summed E-state index contributed by atoms with van der Waals surface area (Å²) in [5.74, 6) is -0.145. The number of nitrogens with two attached hydrogens (primary N) is 1. The summed E-state index contributed by atoms with van der Waals surface area (Å²) in [7, 11) is 1.40. The number of esters is 1. The number of ether oxygens (including phenoxy) is 1. The van der Waals surface area contributed by atoms with E-state index in [9.17, 15) is 9.59 Å². The van der Waals surface area contributed by atoms with E-state index in [0.717, 1.165) is 25.9 Å². The monoisotopic (exact) mass is 321 g/mol. The zero-order chi connectivity index (χ0) is 15.1. The van der Waals surface area contributed by atoms with Crippen LogP contribution in [0.4, 0.5) is 0 Å². The first-order chi connectivity index (χ1) is 9.49. The molecule has 1 aliphatic heterocycles. The highest BCUT2D eigenvalue weighted by Gasteiger charge is 2.27. The van der Waals surface area contributed by atoms with Crippen molar-refractivity contribution in [2.75, 3.05) is 33.3 Å². The summed E-state index contributed by atoms with van der Waals surface area (Å²) >= 11 is 0. The first kappa shape index (κ1) is 20.1. The second-order valence-electron chi connectivity index (χ2n) is 5.39. The highest BCUT2D eigenvalue weighted by atomic mass is 35.5. The molecule has 1 rings (SSSR count). The molecule has 2 unspecified atom stereocenters. The first-order valence-corrected chi connectivity index (χ1v) is 7.34. The molecule has 1 amide bonds. The molecule has 1 aliphatic rings. The number of rotatable bonds is 6. The van der Waals surface area contributed by atoms with Crippen LogP contribution >= 0.6 is 12.4 Å². The highest BCUT2D eigenvalue weighted by Crippen LogP contribution is 2.11. The predicted octanol–water partition coefficient (Wildman–Crippen LogP) is 0.631. The lowest BCUT2D eigenvalue weighted by Crippen LogP contribution is -2.55. The van der Waals surface area contributed by atoms with Crippen molar-refractivity contribution in [3.63, 3.8) is 0 Å². The Hall–Kier alpha value is -0.850. The molecule has 124 valence electrons. The Morgan fingerprint density at radius 1 is 1.24 bits per heavy atom. The van der Waals surface area contributed by atoms with E-state index in [1.165, 1.54) is 7.11 Å². The van der Waals surface area contributed by atoms with Gasteiger partial charge in [0.15, 0.2) is 0 Å². The Bertz CT molecular complexity index is 333. The maximum atomic E-state index is 12.1. The van der Waals surface area contributed by atoms with Crippen molar-refractivity contribution in [2.24, 2.45) is 5.73 Å². The molecule has 1 fully saturated rings. The van der Waals surface area contributed by atoms with E-state index in [4.69, 9.17) is 5.73 Å². The number of hydrogen-bond donors (Lipinski definition) is 1. The number of methoxy groups -OCH3 is 1. The molecule has 1 saturated heterocycles. The molecule has 0 bridgehead atoms. The van der Waals surface area contributed by atoms with Crippen LogP contribution in [-0.4, -0.2) is 67.0 Å². The number of carbonyl (C=O) groups excluding carboxylic acids is 2. The van der Waals surface area contributed by atoms with E-state index in [1.807, 2.05) is 18.7 Å². The topological polar surface area (TPSA) is 75.9 Å². The van der Waals surface area contributed by atoms with Crippen LogP contribution < -0.4 is 5.73 Å². The van der Waals surface area contributed by atoms with Crippen molar-refractivity contribution >= 4 is 24.3 Å². The molecule has 2 N–H and O–H groups in total. The van der Waals surface area contributed by atoms with Crippen LogP contribution in [0.25, 0.3) is 0 Å². The molecule has 0 radical (unpaired) electrons. The fourth-order valence-corrected chi connectivity index (χ4v) is 2.51. The molecule has 21 heavy (non-hydrogen) atoms. The van der Waals surface area contributed by atoms with Gasteiger partial charge in [-0.3, -0.25) is 14.5 Å². The van der Waals surface area contributed by atoms with E-state index in [1.54, 1.807) is 0 Å². The molecule has 0 aliphatic carbocycles. The number of nitrogens with zero attached hydrogens (tertiary/aromatic N) is 2. The third kappa shape index (κ3) is 6.20. The summed E-state index contributed by atoms with van der Waals surface area (Å²) in [6.07, 6.45) is 2.04. The van der Waals surface area contributed by atoms with Gasteiger partial charge >= 0.3 is 5.97 Å². The van der Waals surface area contributed by atoms with Gasteiger partial charge in [-0.15, -0.1) is 12.4 Å². The maximum absolute atomic E-state index is 12.1. The Morgan fingerprint density at radius 3 is 2.29 bits per heavy atom. The Labute approximate surface area is 133 Å². The third-order valence-corrected chi connectivity index (χ3v) is 3.86. The minimum Gasteiger partial charge on any atom is -0.469 e. The van der Waals surface area contributed by atoms with Crippen LogP contribution in [0, 0.1) is 0 Å². The molecule has 7 heteroatoms. The zero-order valence-corrected chi connectivity index (χ0v) is 14.0. The van der Waals surface area contributed by atoms with Crippen LogP contribution in [0.3, 0.4) is 0 Å². The predicted molar refractivity (Wildman–Crippen MR) is 84.4 cm³/mol. The van der Waals surface area contributed by atoms with Gasteiger partial charge in [0.05, 0.1) is 19.6 Å². The van der Waals surface area contributed by atoms with Gasteiger partial charge in [0.25, 0.3) is 0 Å². The largest absolute Gasteiger partial charge is 0.469 e. The second-order valence-corrected chi connectivity index (χ2v) is 5.39. The van der Waals surface area contributed by atoms with E-state index in [-0.39, 0.29) is 36.4 Å². The first-order valence-electron chi connectivity index (χ1n) is 7.34. The molecule has 0 spiro atoms. The standard InChI is InChI=1S/C14H27N3O3.ClH/c1-4-5-12(15)14(19)17-8-6-16(7-9-17)11(2)10-13(18)20-3;/h11-12H,4-10,15H2,1-3H3;1H. The third-order valence-electron chi connectivity index (χ3n) is 3.86. The van der Waals surface area contributed by atoms with E-state index >= 15 is 0 Å². The van der Waals surface area contributed by atoms with Gasteiger partial charge in [-0.1, -0.05) is 13.3 Å². The summed E-state index contributed by atoms with van der Waals surface area (Å²) < 4.78 is 4.68. The molecule has 0 aromatic heterocycles. The summed E-state index contributed by atoms with van der Waals surface area (Å²) in [5.41, 5.74) is 5.87. The fourth-order valence-electron chi connectivity index (χ4n) is 2.51. The van der Waals surface area contributed by atoms with Gasteiger partial charge in [0.1, 0.15) is 0 Å². The van der Waals surface area contributed by atoms with Crippen molar-refractivity contribution in [1.82, 2.24) is 9.80 Å². The molecular weight excluding hydrogens is 294 g/mol. The van der Waals surface area contributed by atoms with Gasteiger partial charge < -0.3 is 15.4 Å². The van der Waals surface area contributed by atoms with Gasteiger partial charge in [-0.2, -0.15) is 0 Å². The average molecular weight is 322 g/mol. The maximum Gasteiger partial charge on any atom is 0.307 e. The van der Waals surface area contributed by atoms with Crippen molar-refractivity contribution in [3.05, 3.63) is 0 Å². The minimum atomic E-state index is -0.376. The quantitative estimate of drug-likeness (QED) is 0.726. The second kappa shape index (κ2) is 9.97. The molecule has 6 nitrogen and oxygen atoms in total.